The second kappa shape index (κ2) is 9.62. The van der Waals surface area contributed by atoms with Gasteiger partial charge < -0.3 is 4.57 Å². The maximum atomic E-state index is 5.33. The van der Waals surface area contributed by atoms with Gasteiger partial charge in [-0.15, -0.1) is 0 Å². The first kappa shape index (κ1) is 25.1. The van der Waals surface area contributed by atoms with Crippen LogP contribution < -0.4 is 0 Å². The van der Waals surface area contributed by atoms with E-state index in [-0.39, 0.29) is 0 Å². The highest BCUT2D eigenvalue weighted by Crippen LogP contribution is 2.42. The molecule has 0 saturated heterocycles. The van der Waals surface area contributed by atoms with Crippen LogP contribution in [0.3, 0.4) is 0 Å². The molecule has 214 valence electrons. The van der Waals surface area contributed by atoms with Crippen molar-refractivity contribution in [3.05, 3.63) is 158 Å². The third kappa shape index (κ3) is 3.49. The molecule has 0 radical (unpaired) electrons. The lowest BCUT2D eigenvalue weighted by Gasteiger charge is -2.13. The molecule has 0 unspecified atom stereocenters. The van der Waals surface area contributed by atoms with Crippen LogP contribution in [-0.4, -0.2) is 19.1 Å². The smallest absolute Gasteiger partial charge is 0.235 e. The van der Waals surface area contributed by atoms with Crippen molar-refractivity contribution in [2.75, 3.05) is 0 Å². The van der Waals surface area contributed by atoms with Gasteiger partial charge >= 0.3 is 0 Å². The summed E-state index contributed by atoms with van der Waals surface area (Å²) in [7, 11) is 0. The Morgan fingerprint density at radius 3 is 1.48 bits per heavy atom. The van der Waals surface area contributed by atoms with Gasteiger partial charge in [-0.25, -0.2) is 9.97 Å². The van der Waals surface area contributed by atoms with Crippen molar-refractivity contribution in [2.45, 2.75) is 0 Å². The molecule has 3 heterocycles. The molecule has 10 rings (SSSR count). The molecule has 0 aliphatic rings. The zero-order chi connectivity index (χ0) is 30.2. The standard InChI is InChI=1S/C42H26N4/c1-3-13-27(14-4-1)39-35-19-7-10-20-36(35)43-42(44-39)46-38-22-12-9-18-30(38)32-24-25-33-34(41(32)46)26-23-31-29-17-8-11-21-37(29)45(40(31)33)28-15-5-2-6-16-28/h1-26H. The van der Waals surface area contributed by atoms with Gasteiger partial charge in [-0.05, 0) is 30.3 Å². The summed E-state index contributed by atoms with van der Waals surface area (Å²) >= 11 is 0. The Hall–Kier alpha value is -6.26. The summed E-state index contributed by atoms with van der Waals surface area (Å²) in [6.45, 7) is 0. The average molecular weight is 587 g/mol. The summed E-state index contributed by atoms with van der Waals surface area (Å²) < 4.78 is 4.68. The van der Waals surface area contributed by atoms with E-state index in [2.05, 4.69) is 155 Å². The number of aromatic nitrogens is 4. The number of para-hydroxylation sites is 4. The van der Waals surface area contributed by atoms with E-state index in [1.807, 2.05) is 12.1 Å². The summed E-state index contributed by atoms with van der Waals surface area (Å²) in [5, 5.41) is 8.25. The Labute approximate surface area is 264 Å². The number of fused-ring (bicyclic) bond motifs is 10. The molecule has 4 nitrogen and oxygen atoms in total. The number of hydrogen-bond acceptors (Lipinski definition) is 2. The molecule has 10 aromatic rings. The van der Waals surface area contributed by atoms with Crippen LogP contribution in [0.5, 0.6) is 0 Å². The Morgan fingerprint density at radius 1 is 0.348 bits per heavy atom. The number of benzene rings is 7. The molecule has 4 heteroatoms. The normalized spacial score (nSPS) is 11.9. The Bertz CT molecular complexity index is 2790. The molecule has 0 aliphatic heterocycles. The summed E-state index contributed by atoms with van der Waals surface area (Å²) in [6.07, 6.45) is 0. The molecule has 0 fully saturated rings. The molecule has 0 spiro atoms. The minimum absolute atomic E-state index is 0.667. The van der Waals surface area contributed by atoms with Crippen LogP contribution in [0.25, 0.3) is 88.2 Å². The molecule has 0 bridgehead atoms. The maximum absolute atomic E-state index is 5.33. The largest absolute Gasteiger partial charge is 0.309 e. The first-order valence-corrected chi connectivity index (χ1v) is 15.6. The van der Waals surface area contributed by atoms with E-state index in [1.54, 1.807) is 0 Å². The van der Waals surface area contributed by atoms with Gasteiger partial charge in [0.15, 0.2) is 0 Å². The first-order valence-electron chi connectivity index (χ1n) is 15.6. The predicted octanol–water partition coefficient (Wildman–Crippen LogP) is 10.6. The summed E-state index contributed by atoms with van der Waals surface area (Å²) in [4.78, 5) is 10.5. The quantitative estimate of drug-likeness (QED) is 0.206. The van der Waals surface area contributed by atoms with Gasteiger partial charge in [-0.2, -0.15) is 0 Å². The van der Waals surface area contributed by atoms with E-state index < -0.39 is 0 Å². The minimum Gasteiger partial charge on any atom is -0.309 e. The minimum atomic E-state index is 0.667. The fourth-order valence-electron chi connectivity index (χ4n) is 7.36. The molecular formula is C42H26N4. The van der Waals surface area contributed by atoms with E-state index in [0.29, 0.717) is 5.95 Å². The molecule has 46 heavy (non-hydrogen) atoms. The highest BCUT2D eigenvalue weighted by molar-refractivity contribution is 6.26. The molecule has 7 aromatic carbocycles. The van der Waals surface area contributed by atoms with E-state index in [0.717, 1.165) is 38.9 Å². The van der Waals surface area contributed by atoms with Crippen LogP contribution in [0.15, 0.2) is 158 Å². The lowest BCUT2D eigenvalue weighted by Crippen LogP contribution is -2.03. The van der Waals surface area contributed by atoms with Crippen molar-refractivity contribution in [1.82, 2.24) is 19.1 Å². The van der Waals surface area contributed by atoms with Gasteiger partial charge in [0.05, 0.1) is 33.3 Å². The molecule has 0 saturated carbocycles. The highest BCUT2D eigenvalue weighted by atomic mass is 15.2. The third-order valence-electron chi connectivity index (χ3n) is 9.31. The van der Waals surface area contributed by atoms with Crippen molar-refractivity contribution >= 4 is 65.3 Å². The molecular weight excluding hydrogens is 560 g/mol. The highest BCUT2D eigenvalue weighted by Gasteiger charge is 2.21. The molecule has 0 amide bonds. The van der Waals surface area contributed by atoms with Gasteiger partial charge in [0, 0.05) is 49.0 Å². The van der Waals surface area contributed by atoms with Gasteiger partial charge in [-0.1, -0.05) is 127 Å². The van der Waals surface area contributed by atoms with Crippen molar-refractivity contribution < 1.29 is 0 Å². The summed E-state index contributed by atoms with van der Waals surface area (Å²) in [5.41, 5.74) is 8.66. The zero-order valence-electron chi connectivity index (χ0n) is 24.8. The first-order chi connectivity index (χ1) is 22.8. The fraction of sp³-hybridized carbons (Fsp3) is 0. The second-order valence-electron chi connectivity index (χ2n) is 11.8. The summed E-state index contributed by atoms with van der Waals surface area (Å²) in [6, 6.07) is 55.9. The molecule has 0 atom stereocenters. The Morgan fingerprint density at radius 2 is 0.826 bits per heavy atom. The van der Waals surface area contributed by atoms with E-state index in [1.165, 1.54) is 43.4 Å². The van der Waals surface area contributed by atoms with E-state index in [4.69, 9.17) is 9.97 Å². The fourth-order valence-corrected chi connectivity index (χ4v) is 7.36. The Kier molecular flexibility index (Phi) is 5.25. The van der Waals surface area contributed by atoms with Crippen molar-refractivity contribution in [3.63, 3.8) is 0 Å². The van der Waals surface area contributed by atoms with Crippen LogP contribution in [-0.2, 0) is 0 Å². The number of hydrogen-bond donors (Lipinski definition) is 0. The van der Waals surface area contributed by atoms with Crippen molar-refractivity contribution in [3.8, 4) is 22.9 Å². The van der Waals surface area contributed by atoms with Crippen LogP contribution in [0.4, 0.5) is 0 Å². The van der Waals surface area contributed by atoms with Crippen LogP contribution in [0, 0.1) is 0 Å². The molecule has 0 N–H and O–H groups in total. The molecule has 0 aliphatic carbocycles. The van der Waals surface area contributed by atoms with E-state index in [9.17, 15) is 0 Å². The van der Waals surface area contributed by atoms with Gasteiger partial charge in [-0.3, -0.25) is 4.57 Å². The van der Waals surface area contributed by atoms with Gasteiger partial charge in [0.1, 0.15) is 0 Å². The predicted molar refractivity (Wildman–Crippen MR) is 191 cm³/mol. The third-order valence-corrected chi connectivity index (χ3v) is 9.31. The monoisotopic (exact) mass is 586 g/mol. The van der Waals surface area contributed by atoms with Crippen LogP contribution in [0.2, 0.25) is 0 Å². The average Bonchev–Trinajstić information content (AvgIpc) is 3.65. The second-order valence-corrected chi connectivity index (χ2v) is 11.8. The van der Waals surface area contributed by atoms with Gasteiger partial charge in [0.2, 0.25) is 5.95 Å². The lowest BCUT2D eigenvalue weighted by molar-refractivity contribution is 1.02. The Balaban J connectivity index is 1.38. The molecule has 3 aromatic heterocycles. The van der Waals surface area contributed by atoms with Crippen molar-refractivity contribution in [2.24, 2.45) is 0 Å². The van der Waals surface area contributed by atoms with Crippen LogP contribution >= 0.6 is 0 Å². The van der Waals surface area contributed by atoms with Crippen LogP contribution in [0.1, 0.15) is 0 Å². The van der Waals surface area contributed by atoms with Gasteiger partial charge in [0.25, 0.3) is 0 Å². The number of rotatable bonds is 3. The number of nitrogens with zero attached hydrogens (tertiary/aromatic N) is 4. The maximum Gasteiger partial charge on any atom is 0.235 e. The topological polar surface area (TPSA) is 35.6 Å². The van der Waals surface area contributed by atoms with E-state index >= 15 is 0 Å². The zero-order valence-corrected chi connectivity index (χ0v) is 24.8. The van der Waals surface area contributed by atoms with Crippen molar-refractivity contribution in [1.29, 1.82) is 0 Å². The summed E-state index contributed by atoms with van der Waals surface area (Å²) in [5.74, 6) is 0.667. The SMILES string of the molecule is c1ccc(-c2nc(-n3c4ccccc4c4ccc5c(ccc6c7ccccc7n(-c7ccccc7)c65)c43)nc3ccccc23)cc1. The lowest BCUT2D eigenvalue weighted by atomic mass is 10.0.